The fraction of sp³-hybridized carbons (Fsp3) is 0.357. The molecule has 3 rings (SSSR count). The molecule has 1 atom stereocenters. The lowest BCUT2D eigenvalue weighted by atomic mass is 9.99. The van der Waals surface area contributed by atoms with Crippen LogP contribution in [0.5, 0.6) is 0 Å². The second-order valence-electron chi connectivity index (χ2n) is 4.85. The summed E-state index contributed by atoms with van der Waals surface area (Å²) < 4.78 is 26.6. The first-order valence-corrected chi connectivity index (χ1v) is 6.45. The largest absolute Gasteiger partial charge is 0.342 e. The van der Waals surface area contributed by atoms with Crippen LogP contribution in [0.4, 0.5) is 8.78 Å². The normalized spacial score (nSPS) is 19.6. The van der Waals surface area contributed by atoms with Crippen LogP contribution in [0.1, 0.15) is 24.6 Å². The SMILES string of the molecule is Fc1ccc(-c2cnc(C3CCCNC3)[nH]2)c(F)c1. The summed E-state index contributed by atoms with van der Waals surface area (Å²) in [6, 6.07) is 3.57. The van der Waals surface area contributed by atoms with E-state index in [0.29, 0.717) is 17.2 Å². The molecular formula is C14H15F2N3. The number of H-pyrrole nitrogens is 1. The van der Waals surface area contributed by atoms with Crippen LogP contribution < -0.4 is 5.32 Å². The van der Waals surface area contributed by atoms with Crippen LogP contribution in [-0.2, 0) is 0 Å². The Morgan fingerprint density at radius 3 is 2.89 bits per heavy atom. The number of benzene rings is 1. The lowest BCUT2D eigenvalue weighted by Crippen LogP contribution is -2.28. The summed E-state index contributed by atoms with van der Waals surface area (Å²) in [5, 5.41) is 3.32. The molecule has 1 fully saturated rings. The fourth-order valence-corrected chi connectivity index (χ4v) is 2.47. The molecule has 1 aromatic heterocycles. The Bertz CT molecular complexity index is 574. The van der Waals surface area contributed by atoms with Crippen LogP contribution in [0.2, 0.25) is 0 Å². The molecule has 5 heteroatoms. The van der Waals surface area contributed by atoms with Crippen molar-refractivity contribution < 1.29 is 8.78 Å². The molecule has 0 saturated carbocycles. The third-order valence-corrected chi connectivity index (χ3v) is 3.50. The van der Waals surface area contributed by atoms with Gasteiger partial charge in [-0.05, 0) is 31.5 Å². The Morgan fingerprint density at radius 1 is 1.26 bits per heavy atom. The summed E-state index contributed by atoms with van der Waals surface area (Å²) in [6.07, 6.45) is 3.80. The van der Waals surface area contributed by atoms with Gasteiger partial charge in [0.05, 0.1) is 11.9 Å². The molecular weight excluding hydrogens is 248 g/mol. The first kappa shape index (κ1) is 12.3. The second kappa shape index (κ2) is 5.09. The van der Waals surface area contributed by atoms with Gasteiger partial charge in [-0.2, -0.15) is 0 Å². The number of aromatic amines is 1. The number of hydrogen-bond acceptors (Lipinski definition) is 2. The molecule has 2 N–H and O–H groups in total. The van der Waals surface area contributed by atoms with E-state index in [4.69, 9.17) is 0 Å². The predicted octanol–water partition coefficient (Wildman–Crippen LogP) is 2.82. The van der Waals surface area contributed by atoms with Crippen LogP contribution in [0, 0.1) is 11.6 Å². The van der Waals surface area contributed by atoms with Gasteiger partial charge in [0.15, 0.2) is 0 Å². The molecule has 19 heavy (non-hydrogen) atoms. The topological polar surface area (TPSA) is 40.7 Å². The molecule has 100 valence electrons. The van der Waals surface area contributed by atoms with E-state index in [0.717, 1.165) is 37.8 Å². The number of aromatic nitrogens is 2. The van der Waals surface area contributed by atoms with Gasteiger partial charge in [-0.25, -0.2) is 13.8 Å². The maximum absolute atomic E-state index is 13.7. The average Bonchev–Trinajstić information content (AvgIpc) is 2.89. The van der Waals surface area contributed by atoms with Crippen LogP contribution in [0.25, 0.3) is 11.3 Å². The minimum absolute atomic E-state index is 0.339. The van der Waals surface area contributed by atoms with Crippen molar-refractivity contribution in [3.05, 3.63) is 41.9 Å². The van der Waals surface area contributed by atoms with E-state index < -0.39 is 11.6 Å². The number of nitrogens with zero attached hydrogens (tertiary/aromatic N) is 1. The summed E-state index contributed by atoms with van der Waals surface area (Å²) >= 11 is 0. The average molecular weight is 263 g/mol. The lowest BCUT2D eigenvalue weighted by molar-refractivity contribution is 0.449. The number of rotatable bonds is 2. The molecule has 0 aliphatic carbocycles. The van der Waals surface area contributed by atoms with E-state index in [1.807, 2.05) is 0 Å². The minimum atomic E-state index is -0.572. The molecule has 0 bridgehead atoms. The molecule has 1 aliphatic rings. The van der Waals surface area contributed by atoms with Gasteiger partial charge in [0.25, 0.3) is 0 Å². The Morgan fingerprint density at radius 2 is 2.16 bits per heavy atom. The van der Waals surface area contributed by atoms with Gasteiger partial charge in [-0.1, -0.05) is 0 Å². The van der Waals surface area contributed by atoms with Crippen LogP contribution in [0.3, 0.4) is 0 Å². The summed E-state index contributed by atoms with van der Waals surface area (Å²) in [4.78, 5) is 7.47. The van der Waals surface area contributed by atoms with E-state index in [1.54, 1.807) is 6.20 Å². The van der Waals surface area contributed by atoms with Crippen molar-refractivity contribution in [1.82, 2.24) is 15.3 Å². The van der Waals surface area contributed by atoms with Crippen LogP contribution in [-0.4, -0.2) is 23.1 Å². The van der Waals surface area contributed by atoms with Gasteiger partial charge in [0, 0.05) is 24.1 Å². The zero-order valence-corrected chi connectivity index (χ0v) is 10.4. The van der Waals surface area contributed by atoms with E-state index in [2.05, 4.69) is 15.3 Å². The van der Waals surface area contributed by atoms with E-state index in [9.17, 15) is 8.78 Å². The Kier molecular flexibility index (Phi) is 3.29. The zero-order chi connectivity index (χ0) is 13.2. The summed E-state index contributed by atoms with van der Waals surface area (Å²) in [5.74, 6) is 0.0615. The maximum atomic E-state index is 13.7. The Balaban J connectivity index is 1.87. The van der Waals surface area contributed by atoms with E-state index in [1.165, 1.54) is 12.1 Å². The van der Waals surface area contributed by atoms with E-state index in [-0.39, 0.29) is 0 Å². The van der Waals surface area contributed by atoms with Crippen molar-refractivity contribution in [2.24, 2.45) is 0 Å². The van der Waals surface area contributed by atoms with Gasteiger partial charge in [0.2, 0.25) is 0 Å². The number of piperidine rings is 1. The Labute approximate surface area is 110 Å². The number of hydrogen-bond donors (Lipinski definition) is 2. The summed E-state index contributed by atoms with van der Waals surface area (Å²) in [6.45, 7) is 1.93. The minimum Gasteiger partial charge on any atom is -0.342 e. The van der Waals surface area contributed by atoms with Crippen molar-refractivity contribution in [3.63, 3.8) is 0 Å². The molecule has 3 nitrogen and oxygen atoms in total. The monoisotopic (exact) mass is 263 g/mol. The molecule has 1 aromatic carbocycles. The van der Waals surface area contributed by atoms with Crippen LogP contribution >= 0.6 is 0 Å². The smallest absolute Gasteiger partial charge is 0.135 e. The predicted molar refractivity (Wildman–Crippen MR) is 68.8 cm³/mol. The molecule has 0 amide bonds. The molecule has 2 heterocycles. The maximum Gasteiger partial charge on any atom is 0.135 e. The second-order valence-corrected chi connectivity index (χ2v) is 4.85. The van der Waals surface area contributed by atoms with Crippen molar-refractivity contribution in [3.8, 4) is 11.3 Å². The third-order valence-electron chi connectivity index (χ3n) is 3.50. The summed E-state index contributed by atoms with van der Waals surface area (Å²) in [5.41, 5.74) is 0.946. The summed E-state index contributed by atoms with van der Waals surface area (Å²) in [7, 11) is 0. The molecule has 0 spiro atoms. The van der Waals surface area contributed by atoms with E-state index >= 15 is 0 Å². The Hall–Kier alpha value is -1.75. The van der Waals surface area contributed by atoms with Crippen LogP contribution in [0.15, 0.2) is 24.4 Å². The quantitative estimate of drug-likeness (QED) is 0.874. The number of nitrogens with one attached hydrogen (secondary N) is 2. The van der Waals surface area contributed by atoms with Crippen molar-refractivity contribution >= 4 is 0 Å². The highest BCUT2D eigenvalue weighted by atomic mass is 19.1. The fourth-order valence-electron chi connectivity index (χ4n) is 2.47. The molecule has 2 aromatic rings. The molecule has 1 aliphatic heterocycles. The van der Waals surface area contributed by atoms with Gasteiger partial charge in [-0.15, -0.1) is 0 Å². The van der Waals surface area contributed by atoms with Gasteiger partial charge in [-0.3, -0.25) is 0 Å². The first-order valence-electron chi connectivity index (χ1n) is 6.45. The first-order chi connectivity index (χ1) is 9.24. The molecule has 1 saturated heterocycles. The van der Waals surface area contributed by atoms with Crippen molar-refractivity contribution in [1.29, 1.82) is 0 Å². The molecule has 0 radical (unpaired) electrons. The molecule has 1 unspecified atom stereocenters. The highest BCUT2D eigenvalue weighted by Gasteiger charge is 2.19. The van der Waals surface area contributed by atoms with Gasteiger partial charge >= 0.3 is 0 Å². The highest BCUT2D eigenvalue weighted by molar-refractivity contribution is 5.59. The van der Waals surface area contributed by atoms with Gasteiger partial charge < -0.3 is 10.3 Å². The lowest BCUT2D eigenvalue weighted by Gasteiger charge is -2.20. The van der Waals surface area contributed by atoms with Gasteiger partial charge in [0.1, 0.15) is 17.5 Å². The van der Waals surface area contributed by atoms with Crippen molar-refractivity contribution in [2.45, 2.75) is 18.8 Å². The zero-order valence-electron chi connectivity index (χ0n) is 10.4. The highest BCUT2D eigenvalue weighted by Crippen LogP contribution is 2.26. The number of imidazole rings is 1. The number of halogens is 2. The third kappa shape index (κ3) is 2.51. The van der Waals surface area contributed by atoms with Crippen molar-refractivity contribution in [2.75, 3.05) is 13.1 Å². The standard InChI is InChI=1S/C14H15F2N3/c15-10-3-4-11(12(16)6-10)13-8-18-14(19-13)9-2-1-5-17-7-9/h3-4,6,8-9,17H,1-2,5,7H2,(H,18,19).